The smallest absolute Gasteiger partial charge is 0.292 e. The number of aromatic nitrogens is 1. The molecule has 1 aromatic rings. The maximum Gasteiger partial charge on any atom is 0.292 e. The zero-order chi connectivity index (χ0) is 10.3. The number of likely N-dealkylation sites (tertiary alicyclic amines) is 1. The van der Waals surface area contributed by atoms with Crippen LogP contribution in [0.3, 0.4) is 0 Å². The van der Waals surface area contributed by atoms with E-state index in [0.717, 1.165) is 26.1 Å². The second kappa shape index (κ2) is 3.34. The molecule has 0 aromatic carbocycles. The molecule has 0 bridgehead atoms. The summed E-state index contributed by atoms with van der Waals surface area (Å²) in [4.78, 5) is 13.9. The Morgan fingerprint density at radius 1 is 1.60 bits per heavy atom. The maximum absolute atomic E-state index is 12.0. The van der Waals surface area contributed by atoms with Crippen molar-refractivity contribution in [2.24, 2.45) is 5.92 Å². The molecule has 0 spiro atoms. The van der Waals surface area contributed by atoms with E-state index in [-0.39, 0.29) is 5.91 Å². The van der Waals surface area contributed by atoms with Crippen molar-refractivity contribution in [1.29, 1.82) is 0 Å². The van der Waals surface area contributed by atoms with Crippen LogP contribution in [-0.2, 0) is 0 Å². The Morgan fingerprint density at radius 3 is 3.33 bits per heavy atom. The number of nitrogens with zero attached hydrogens (tertiary/aromatic N) is 2. The number of amides is 1. The van der Waals surface area contributed by atoms with E-state index >= 15 is 0 Å². The fourth-order valence-corrected chi connectivity index (χ4v) is 2.57. The van der Waals surface area contributed by atoms with Crippen molar-refractivity contribution in [2.45, 2.75) is 12.5 Å². The first kappa shape index (κ1) is 8.91. The number of carbonyl (C=O) groups is 1. The molecule has 3 heterocycles. The van der Waals surface area contributed by atoms with E-state index in [1.165, 1.54) is 6.20 Å². The van der Waals surface area contributed by atoms with E-state index in [0.29, 0.717) is 17.7 Å². The van der Waals surface area contributed by atoms with Crippen molar-refractivity contribution in [1.82, 2.24) is 15.4 Å². The number of rotatable bonds is 1. The molecule has 1 amide bonds. The quantitative estimate of drug-likeness (QED) is 0.710. The van der Waals surface area contributed by atoms with Gasteiger partial charge in [-0.2, -0.15) is 0 Å². The van der Waals surface area contributed by atoms with Crippen LogP contribution in [0.25, 0.3) is 0 Å². The minimum atomic E-state index is -0.0244. The molecule has 1 N–H and O–H groups in total. The van der Waals surface area contributed by atoms with Crippen LogP contribution in [0.1, 0.15) is 17.0 Å². The van der Waals surface area contributed by atoms with Gasteiger partial charge in [-0.15, -0.1) is 0 Å². The summed E-state index contributed by atoms with van der Waals surface area (Å²) in [5.41, 5.74) is 0. The van der Waals surface area contributed by atoms with Gasteiger partial charge in [-0.05, 0) is 12.3 Å². The topological polar surface area (TPSA) is 58.4 Å². The summed E-state index contributed by atoms with van der Waals surface area (Å²) in [6.45, 7) is 2.78. The van der Waals surface area contributed by atoms with Gasteiger partial charge in [-0.3, -0.25) is 4.79 Å². The molecule has 0 saturated carbocycles. The number of hydrogen-bond donors (Lipinski definition) is 1. The lowest BCUT2D eigenvalue weighted by Crippen LogP contribution is -2.38. The van der Waals surface area contributed by atoms with E-state index in [9.17, 15) is 4.79 Å². The van der Waals surface area contributed by atoms with Gasteiger partial charge in [0.1, 0.15) is 0 Å². The summed E-state index contributed by atoms with van der Waals surface area (Å²) in [6.07, 6.45) is 2.60. The minimum Gasteiger partial charge on any atom is -0.351 e. The van der Waals surface area contributed by atoms with Crippen LogP contribution in [0.15, 0.2) is 16.8 Å². The average molecular weight is 207 g/mol. The van der Waals surface area contributed by atoms with Crippen molar-refractivity contribution in [3.8, 4) is 0 Å². The predicted molar refractivity (Wildman–Crippen MR) is 52.3 cm³/mol. The summed E-state index contributed by atoms with van der Waals surface area (Å²) in [5, 5.41) is 6.88. The zero-order valence-corrected chi connectivity index (χ0v) is 8.35. The fourth-order valence-electron chi connectivity index (χ4n) is 2.57. The fraction of sp³-hybridized carbons (Fsp3) is 0.600. The number of nitrogens with one attached hydrogen (secondary N) is 1. The average Bonchev–Trinajstić information content (AvgIpc) is 2.94. The van der Waals surface area contributed by atoms with E-state index in [2.05, 4.69) is 10.5 Å². The van der Waals surface area contributed by atoms with Gasteiger partial charge in [0.2, 0.25) is 5.76 Å². The first-order chi connectivity index (χ1) is 7.36. The summed E-state index contributed by atoms with van der Waals surface area (Å²) in [7, 11) is 0. The Labute approximate surface area is 87.4 Å². The molecule has 0 aliphatic carbocycles. The summed E-state index contributed by atoms with van der Waals surface area (Å²) in [5.74, 6) is 0.947. The SMILES string of the molecule is O=C(c1ccno1)N1CC[C@H]2CNC[C@H]21. The van der Waals surface area contributed by atoms with E-state index in [1.54, 1.807) is 6.07 Å². The Balaban J connectivity index is 1.80. The Bertz CT molecular complexity index is 363. The second-order valence-electron chi connectivity index (χ2n) is 4.15. The van der Waals surface area contributed by atoms with Crippen LogP contribution >= 0.6 is 0 Å². The van der Waals surface area contributed by atoms with E-state index in [4.69, 9.17) is 4.52 Å². The minimum absolute atomic E-state index is 0.0244. The third-order valence-corrected chi connectivity index (χ3v) is 3.35. The molecule has 1 aromatic heterocycles. The number of hydrogen-bond acceptors (Lipinski definition) is 4. The molecule has 2 aliphatic heterocycles. The Hall–Kier alpha value is -1.36. The lowest BCUT2D eigenvalue weighted by molar-refractivity contribution is 0.0695. The highest BCUT2D eigenvalue weighted by molar-refractivity contribution is 5.91. The van der Waals surface area contributed by atoms with Gasteiger partial charge in [0.25, 0.3) is 5.91 Å². The van der Waals surface area contributed by atoms with Crippen molar-refractivity contribution < 1.29 is 9.32 Å². The largest absolute Gasteiger partial charge is 0.351 e. The molecule has 2 saturated heterocycles. The molecule has 2 aliphatic rings. The molecule has 15 heavy (non-hydrogen) atoms. The maximum atomic E-state index is 12.0. The highest BCUT2D eigenvalue weighted by Gasteiger charge is 2.40. The van der Waals surface area contributed by atoms with Crippen LogP contribution < -0.4 is 5.32 Å². The highest BCUT2D eigenvalue weighted by Crippen LogP contribution is 2.28. The zero-order valence-electron chi connectivity index (χ0n) is 8.35. The monoisotopic (exact) mass is 207 g/mol. The normalized spacial score (nSPS) is 29.5. The van der Waals surface area contributed by atoms with Gasteiger partial charge in [-0.25, -0.2) is 0 Å². The van der Waals surface area contributed by atoms with Gasteiger partial charge >= 0.3 is 0 Å². The van der Waals surface area contributed by atoms with Gasteiger partial charge in [-0.1, -0.05) is 5.16 Å². The standard InChI is InChI=1S/C10H13N3O2/c14-10(9-1-3-12-15-9)13-4-2-7-5-11-6-8(7)13/h1,3,7-8,11H,2,4-6H2/t7-,8+/m0/s1. The van der Waals surface area contributed by atoms with Crippen LogP contribution in [0, 0.1) is 5.92 Å². The van der Waals surface area contributed by atoms with Crippen LogP contribution in [0.5, 0.6) is 0 Å². The number of fused-ring (bicyclic) bond motifs is 1. The molecule has 80 valence electrons. The molecule has 2 atom stereocenters. The van der Waals surface area contributed by atoms with Gasteiger partial charge in [0, 0.05) is 31.7 Å². The third-order valence-electron chi connectivity index (χ3n) is 3.35. The van der Waals surface area contributed by atoms with E-state index in [1.807, 2.05) is 4.90 Å². The van der Waals surface area contributed by atoms with Crippen molar-refractivity contribution >= 4 is 5.91 Å². The molecule has 0 radical (unpaired) electrons. The first-order valence-corrected chi connectivity index (χ1v) is 5.28. The molecule has 5 nitrogen and oxygen atoms in total. The van der Waals surface area contributed by atoms with Crippen LogP contribution in [0.4, 0.5) is 0 Å². The van der Waals surface area contributed by atoms with Crippen molar-refractivity contribution in [3.63, 3.8) is 0 Å². The van der Waals surface area contributed by atoms with Gasteiger partial charge in [0.15, 0.2) is 0 Å². The second-order valence-corrected chi connectivity index (χ2v) is 4.15. The lowest BCUT2D eigenvalue weighted by atomic mass is 10.1. The first-order valence-electron chi connectivity index (χ1n) is 5.28. The highest BCUT2D eigenvalue weighted by atomic mass is 16.5. The third kappa shape index (κ3) is 1.34. The van der Waals surface area contributed by atoms with Gasteiger partial charge < -0.3 is 14.7 Å². The van der Waals surface area contributed by atoms with Crippen LogP contribution in [-0.4, -0.2) is 41.6 Å². The van der Waals surface area contributed by atoms with Crippen molar-refractivity contribution in [3.05, 3.63) is 18.0 Å². The molecule has 5 heteroatoms. The summed E-state index contributed by atoms with van der Waals surface area (Å²) in [6, 6.07) is 1.97. The Morgan fingerprint density at radius 2 is 2.53 bits per heavy atom. The molecular weight excluding hydrogens is 194 g/mol. The molecule has 0 unspecified atom stereocenters. The molecule has 3 rings (SSSR count). The molecule has 2 fully saturated rings. The van der Waals surface area contributed by atoms with E-state index < -0.39 is 0 Å². The molecular formula is C10H13N3O2. The predicted octanol–water partition coefficient (Wildman–Crippen LogP) is 0.108. The lowest BCUT2D eigenvalue weighted by Gasteiger charge is -2.21. The summed E-state index contributed by atoms with van der Waals surface area (Å²) >= 11 is 0. The van der Waals surface area contributed by atoms with Crippen molar-refractivity contribution in [2.75, 3.05) is 19.6 Å². The number of carbonyl (C=O) groups excluding carboxylic acids is 1. The summed E-state index contributed by atoms with van der Waals surface area (Å²) < 4.78 is 4.89. The van der Waals surface area contributed by atoms with Crippen LogP contribution in [0.2, 0.25) is 0 Å². The Kier molecular flexibility index (Phi) is 1.98. The van der Waals surface area contributed by atoms with Gasteiger partial charge in [0.05, 0.1) is 6.20 Å².